The van der Waals surface area contributed by atoms with Crippen molar-refractivity contribution in [1.82, 2.24) is 14.9 Å². The molecule has 1 spiro atoms. The van der Waals surface area contributed by atoms with Crippen LogP contribution in [0.5, 0.6) is 0 Å². The summed E-state index contributed by atoms with van der Waals surface area (Å²) in [6.45, 7) is 6.32. The maximum atomic E-state index is 6.18. The number of hydrogen-bond donors (Lipinski definition) is 0. The number of thiazole rings is 1. The maximum Gasteiger partial charge on any atom is 0.0901 e. The minimum atomic E-state index is -0.0229. The fraction of sp³-hybridized carbons (Fsp3) is 0.556. The molecule has 4 heterocycles. The van der Waals surface area contributed by atoms with Crippen LogP contribution in [-0.4, -0.2) is 46.3 Å². The predicted molar refractivity (Wildman–Crippen MR) is 92.9 cm³/mol. The third-order valence-corrected chi connectivity index (χ3v) is 5.66. The monoisotopic (exact) mass is 345 g/mol. The Labute approximate surface area is 146 Å². The van der Waals surface area contributed by atoms with E-state index >= 15 is 0 Å². The molecule has 2 fully saturated rings. The lowest BCUT2D eigenvalue weighted by Crippen LogP contribution is -2.33. The van der Waals surface area contributed by atoms with Gasteiger partial charge >= 0.3 is 0 Å². The van der Waals surface area contributed by atoms with Gasteiger partial charge in [-0.15, -0.1) is 11.3 Å². The van der Waals surface area contributed by atoms with E-state index in [-0.39, 0.29) is 11.7 Å². The molecule has 4 rings (SSSR count). The predicted octanol–water partition coefficient (Wildman–Crippen LogP) is 2.80. The Morgan fingerprint density at radius 2 is 2.46 bits per heavy atom. The molecule has 128 valence electrons. The molecule has 2 aromatic heterocycles. The van der Waals surface area contributed by atoms with Crippen LogP contribution in [-0.2, 0) is 22.6 Å². The van der Waals surface area contributed by atoms with Gasteiger partial charge in [-0.2, -0.15) is 0 Å². The van der Waals surface area contributed by atoms with Gasteiger partial charge in [0.2, 0.25) is 0 Å². The van der Waals surface area contributed by atoms with Crippen LogP contribution in [0.2, 0.25) is 0 Å². The van der Waals surface area contributed by atoms with Crippen LogP contribution < -0.4 is 0 Å². The molecule has 0 radical (unpaired) electrons. The third-order valence-electron chi connectivity index (χ3n) is 4.83. The largest absolute Gasteiger partial charge is 0.371 e. The second kappa shape index (κ2) is 6.88. The van der Waals surface area contributed by atoms with Crippen molar-refractivity contribution in [2.45, 2.75) is 44.6 Å². The van der Waals surface area contributed by atoms with Crippen LogP contribution >= 0.6 is 11.3 Å². The molecule has 0 N–H and O–H groups in total. The Bertz CT molecular complexity index is 678. The number of rotatable bonds is 5. The first-order valence-corrected chi connectivity index (χ1v) is 9.37. The molecule has 2 aliphatic rings. The number of aromatic nitrogens is 2. The van der Waals surface area contributed by atoms with Gasteiger partial charge < -0.3 is 9.47 Å². The second-order valence-electron chi connectivity index (χ2n) is 6.81. The minimum absolute atomic E-state index is 0.0229. The average Bonchev–Trinajstić information content (AvgIpc) is 3.29. The van der Waals surface area contributed by atoms with Crippen molar-refractivity contribution in [3.63, 3.8) is 0 Å². The van der Waals surface area contributed by atoms with E-state index in [1.165, 1.54) is 5.56 Å². The molecule has 2 saturated heterocycles. The SMILES string of the molecule is Cc1nc(CO[C@H]2CO[C@]3(CCN(Cc4cccnc4)C3)C2)cs1. The lowest BCUT2D eigenvalue weighted by molar-refractivity contribution is -0.000753. The lowest BCUT2D eigenvalue weighted by atomic mass is 9.98. The Hall–Kier alpha value is -1.34. The van der Waals surface area contributed by atoms with Crippen LogP contribution in [0.4, 0.5) is 0 Å². The van der Waals surface area contributed by atoms with E-state index in [2.05, 4.69) is 26.3 Å². The van der Waals surface area contributed by atoms with Crippen molar-refractivity contribution in [2.75, 3.05) is 19.7 Å². The molecule has 0 amide bonds. The summed E-state index contributed by atoms with van der Waals surface area (Å²) < 4.78 is 12.2. The van der Waals surface area contributed by atoms with Crippen LogP contribution in [0.25, 0.3) is 0 Å². The molecule has 2 aliphatic heterocycles. The van der Waals surface area contributed by atoms with Crippen molar-refractivity contribution in [3.8, 4) is 0 Å². The summed E-state index contributed by atoms with van der Waals surface area (Å²) in [5.41, 5.74) is 2.27. The third kappa shape index (κ3) is 3.67. The molecule has 6 heteroatoms. The molecule has 0 unspecified atom stereocenters. The van der Waals surface area contributed by atoms with Gasteiger partial charge in [-0.05, 0) is 25.0 Å². The van der Waals surface area contributed by atoms with Gasteiger partial charge in [0.15, 0.2) is 0 Å². The first-order chi connectivity index (χ1) is 11.7. The van der Waals surface area contributed by atoms with Gasteiger partial charge in [0.1, 0.15) is 0 Å². The summed E-state index contributed by atoms with van der Waals surface area (Å²) in [4.78, 5) is 11.1. The highest BCUT2D eigenvalue weighted by atomic mass is 32.1. The van der Waals surface area contributed by atoms with E-state index in [1.807, 2.05) is 25.4 Å². The standard InChI is InChI=1S/C18H23N3O2S/c1-14-20-16(12-24-14)10-22-17-7-18(23-11-17)4-6-21(13-18)9-15-3-2-5-19-8-15/h2-3,5,8,12,17H,4,6-7,9-11,13H2,1H3/t17-,18-/m1/s1. The molecule has 5 nitrogen and oxygen atoms in total. The Balaban J connectivity index is 1.28. The zero-order valence-corrected chi connectivity index (χ0v) is 14.8. The van der Waals surface area contributed by atoms with Gasteiger partial charge in [0, 0.05) is 43.8 Å². The number of ether oxygens (including phenoxy) is 2. The summed E-state index contributed by atoms with van der Waals surface area (Å²) in [5.74, 6) is 0. The smallest absolute Gasteiger partial charge is 0.0901 e. The molecule has 0 aliphatic carbocycles. The zero-order valence-electron chi connectivity index (χ0n) is 14.0. The van der Waals surface area contributed by atoms with Crippen LogP contribution in [0.15, 0.2) is 29.9 Å². The quantitative estimate of drug-likeness (QED) is 0.834. The number of pyridine rings is 1. The van der Waals surface area contributed by atoms with E-state index in [1.54, 1.807) is 11.3 Å². The fourth-order valence-electron chi connectivity index (χ4n) is 3.68. The first kappa shape index (κ1) is 16.1. The summed E-state index contributed by atoms with van der Waals surface area (Å²) in [5, 5.41) is 3.17. The highest BCUT2D eigenvalue weighted by Crippen LogP contribution is 2.37. The van der Waals surface area contributed by atoms with E-state index in [0.717, 1.165) is 43.2 Å². The highest BCUT2D eigenvalue weighted by Gasteiger charge is 2.45. The second-order valence-corrected chi connectivity index (χ2v) is 7.87. The Morgan fingerprint density at radius 1 is 1.50 bits per heavy atom. The topological polar surface area (TPSA) is 47.5 Å². The summed E-state index contributed by atoms with van der Waals surface area (Å²) in [7, 11) is 0. The van der Waals surface area contributed by atoms with Crippen molar-refractivity contribution in [1.29, 1.82) is 0 Å². The lowest BCUT2D eigenvalue weighted by Gasteiger charge is -2.23. The van der Waals surface area contributed by atoms with Gasteiger partial charge in [-0.3, -0.25) is 9.88 Å². The molecule has 0 saturated carbocycles. The van der Waals surface area contributed by atoms with E-state index < -0.39 is 0 Å². The van der Waals surface area contributed by atoms with Gasteiger partial charge in [-0.25, -0.2) is 4.98 Å². The van der Waals surface area contributed by atoms with Crippen molar-refractivity contribution < 1.29 is 9.47 Å². The zero-order chi connectivity index (χ0) is 16.4. The minimum Gasteiger partial charge on any atom is -0.371 e. The average molecular weight is 345 g/mol. The van der Waals surface area contributed by atoms with Crippen LogP contribution in [0.1, 0.15) is 29.1 Å². The van der Waals surface area contributed by atoms with E-state index in [0.29, 0.717) is 13.2 Å². The molecular weight excluding hydrogens is 322 g/mol. The summed E-state index contributed by atoms with van der Waals surface area (Å²) in [6, 6.07) is 4.13. The van der Waals surface area contributed by atoms with Crippen molar-refractivity contribution >= 4 is 11.3 Å². The number of hydrogen-bond acceptors (Lipinski definition) is 6. The highest BCUT2D eigenvalue weighted by molar-refractivity contribution is 7.09. The van der Waals surface area contributed by atoms with E-state index in [9.17, 15) is 0 Å². The van der Waals surface area contributed by atoms with Crippen LogP contribution in [0.3, 0.4) is 0 Å². The normalized spacial score (nSPS) is 27.3. The number of nitrogens with zero attached hydrogens (tertiary/aromatic N) is 3. The molecule has 2 atom stereocenters. The molecule has 0 aromatic carbocycles. The first-order valence-electron chi connectivity index (χ1n) is 8.49. The molecule has 2 aromatic rings. The number of aryl methyl sites for hydroxylation is 1. The summed E-state index contributed by atoms with van der Waals surface area (Å²) in [6.07, 6.45) is 6.02. The molecular formula is C18H23N3O2S. The van der Waals surface area contributed by atoms with Crippen LogP contribution in [0, 0.1) is 6.92 Å². The maximum absolute atomic E-state index is 6.18. The Morgan fingerprint density at radius 3 is 3.25 bits per heavy atom. The Kier molecular flexibility index (Phi) is 4.63. The molecule has 0 bridgehead atoms. The van der Waals surface area contributed by atoms with E-state index in [4.69, 9.17) is 9.47 Å². The van der Waals surface area contributed by atoms with Gasteiger partial charge in [-0.1, -0.05) is 6.07 Å². The fourth-order valence-corrected chi connectivity index (χ4v) is 4.28. The number of likely N-dealkylation sites (tertiary alicyclic amines) is 1. The van der Waals surface area contributed by atoms with Crippen molar-refractivity contribution in [2.24, 2.45) is 0 Å². The molecule has 24 heavy (non-hydrogen) atoms. The van der Waals surface area contributed by atoms with Gasteiger partial charge in [0.05, 0.1) is 35.6 Å². The van der Waals surface area contributed by atoms with Gasteiger partial charge in [0.25, 0.3) is 0 Å². The van der Waals surface area contributed by atoms with Crippen molar-refractivity contribution in [3.05, 3.63) is 46.2 Å². The summed E-state index contributed by atoms with van der Waals surface area (Å²) >= 11 is 1.67.